The summed E-state index contributed by atoms with van der Waals surface area (Å²) in [5.41, 5.74) is 2.20. The maximum absolute atomic E-state index is 12.5. The third-order valence-electron chi connectivity index (χ3n) is 4.88. The smallest absolute Gasteiger partial charge is 0.338 e. The van der Waals surface area contributed by atoms with Crippen LogP contribution in [0.25, 0.3) is 0 Å². The van der Waals surface area contributed by atoms with E-state index in [0.717, 1.165) is 34.9 Å². The molecule has 0 aliphatic carbocycles. The zero-order valence-electron chi connectivity index (χ0n) is 20.1. The van der Waals surface area contributed by atoms with Crippen molar-refractivity contribution in [1.29, 1.82) is 0 Å². The molecule has 1 aliphatic heterocycles. The Morgan fingerprint density at radius 3 is 2.35 bits per heavy atom. The van der Waals surface area contributed by atoms with E-state index in [1.54, 1.807) is 31.2 Å². The van der Waals surface area contributed by atoms with Gasteiger partial charge in [-0.15, -0.1) is 0 Å². The van der Waals surface area contributed by atoms with Crippen molar-refractivity contribution in [3.63, 3.8) is 0 Å². The number of ether oxygens (including phenoxy) is 2. The number of rotatable bonds is 10. The number of nitrogens with one attached hydrogen (secondary N) is 1. The molecule has 0 aromatic heterocycles. The average molecular weight is 482 g/mol. The number of hydrogen-bond acceptors (Lipinski definition) is 7. The third-order valence-corrected chi connectivity index (χ3v) is 5.84. The molecule has 1 N–H and O–H groups in total. The van der Waals surface area contributed by atoms with E-state index in [2.05, 4.69) is 12.2 Å². The molecular formula is C26H31N3O4S. The highest BCUT2D eigenvalue weighted by Crippen LogP contribution is 2.27. The van der Waals surface area contributed by atoms with E-state index in [9.17, 15) is 9.59 Å². The van der Waals surface area contributed by atoms with Crippen molar-refractivity contribution in [3.05, 3.63) is 59.7 Å². The lowest BCUT2D eigenvalue weighted by atomic mass is 10.1. The maximum atomic E-state index is 12.5. The first kappa shape index (κ1) is 25.5. The zero-order chi connectivity index (χ0) is 24.6. The fourth-order valence-electron chi connectivity index (χ4n) is 3.21. The zero-order valence-corrected chi connectivity index (χ0v) is 20.9. The second kappa shape index (κ2) is 11.8. The molecule has 0 unspecified atom stereocenters. The van der Waals surface area contributed by atoms with Gasteiger partial charge in [-0.2, -0.15) is 0 Å². The van der Waals surface area contributed by atoms with Crippen LogP contribution in [0.1, 0.15) is 56.5 Å². The molecule has 0 spiro atoms. The first-order valence-electron chi connectivity index (χ1n) is 11.4. The maximum Gasteiger partial charge on any atom is 0.338 e. The first-order valence-corrected chi connectivity index (χ1v) is 12.4. The number of esters is 1. The average Bonchev–Trinajstić information content (AvgIpc) is 3.13. The summed E-state index contributed by atoms with van der Waals surface area (Å²) >= 11 is 1.35. The Labute approximate surface area is 205 Å². The van der Waals surface area contributed by atoms with Crippen LogP contribution in [0.15, 0.2) is 58.5 Å². The van der Waals surface area contributed by atoms with Crippen LogP contribution < -0.4 is 10.1 Å². The number of nitrogens with zero attached hydrogens (tertiary/aromatic N) is 2. The van der Waals surface area contributed by atoms with Crippen LogP contribution in [0, 0.1) is 0 Å². The van der Waals surface area contributed by atoms with Crippen LogP contribution in [-0.2, 0) is 9.53 Å². The summed E-state index contributed by atoms with van der Waals surface area (Å²) in [6.45, 7) is 8.79. The van der Waals surface area contributed by atoms with Crippen molar-refractivity contribution in [2.24, 2.45) is 9.98 Å². The molecule has 2 aromatic carbocycles. The van der Waals surface area contributed by atoms with E-state index in [1.807, 2.05) is 38.1 Å². The van der Waals surface area contributed by atoms with Crippen molar-refractivity contribution >= 4 is 40.1 Å². The van der Waals surface area contributed by atoms with Gasteiger partial charge in [0.1, 0.15) is 16.5 Å². The third kappa shape index (κ3) is 7.18. The summed E-state index contributed by atoms with van der Waals surface area (Å²) < 4.78 is 10.7. The van der Waals surface area contributed by atoms with Crippen LogP contribution in [0.5, 0.6) is 5.75 Å². The van der Waals surface area contributed by atoms with Gasteiger partial charge in [-0.05, 0) is 75.7 Å². The van der Waals surface area contributed by atoms with E-state index >= 15 is 0 Å². The Hall–Kier alpha value is -3.13. The lowest BCUT2D eigenvalue weighted by Gasteiger charge is -2.09. The van der Waals surface area contributed by atoms with Gasteiger partial charge in [0.05, 0.1) is 30.2 Å². The predicted molar refractivity (Wildman–Crippen MR) is 138 cm³/mol. The van der Waals surface area contributed by atoms with Gasteiger partial charge in [-0.3, -0.25) is 9.79 Å². The Kier molecular flexibility index (Phi) is 8.87. The number of thioether (sulfide) groups is 1. The highest BCUT2D eigenvalue weighted by molar-refractivity contribution is 8.16. The molecular weight excluding hydrogens is 450 g/mol. The minimum Gasteiger partial charge on any atom is -0.494 e. The van der Waals surface area contributed by atoms with Gasteiger partial charge in [-0.25, -0.2) is 9.79 Å². The number of carbonyl (C=O) groups excluding carboxylic acids is 2. The van der Waals surface area contributed by atoms with Crippen molar-refractivity contribution < 1.29 is 19.1 Å². The molecule has 0 atom stereocenters. The van der Waals surface area contributed by atoms with Crippen LogP contribution >= 0.6 is 11.8 Å². The molecule has 1 aliphatic rings. The Bertz CT molecular complexity index is 1060. The molecule has 2 aromatic rings. The molecule has 1 heterocycles. The quantitative estimate of drug-likeness (QED) is 0.365. The minimum absolute atomic E-state index is 0.166. The van der Waals surface area contributed by atoms with Crippen molar-refractivity contribution in [1.82, 2.24) is 0 Å². The van der Waals surface area contributed by atoms with Crippen LogP contribution in [-0.4, -0.2) is 47.3 Å². The Balaban J connectivity index is 1.59. The van der Waals surface area contributed by atoms with Crippen molar-refractivity contribution in [3.8, 4) is 5.75 Å². The summed E-state index contributed by atoms with van der Waals surface area (Å²) in [5.74, 6) is 0.464. The topological polar surface area (TPSA) is 89.4 Å². The molecule has 3 rings (SSSR count). The van der Waals surface area contributed by atoms with Gasteiger partial charge in [-0.1, -0.05) is 25.1 Å². The van der Waals surface area contributed by atoms with Gasteiger partial charge in [0, 0.05) is 11.3 Å². The van der Waals surface area contributed by atoms with E-state index in [-0.39, 0.29) is 17.6 Å². The standard InChI is InChI=1S/C26H31N3O4S/c1-5-7-16-33-21-14-10-18(11-15-21)23-24(29-26(3,4)28-23)34-17-22(30)27-20-12-8-19(9-13-20)25(31)32-6-2/h8-15H,5-7,16-17H2,1-4H3,(H,27,30). The molecule has 0 bridgehead atoms. The normalized spacial score (nSPS) is 14.2. The van der Waals surface area contributed by atoms with Gasteiger partial charge in [0.2, 0.25) is 5.91 Å². The summed E-state index contributed by atoms with van der Waals surface area (Å²) in [5, 5.41) is 3.58. The molecule has 180 valence electrons. The molecule has 0 fully saturated rings. The van der Waals surface area contributed by atoms with E-state index in [0.29, 0.717) is 24.5 Å². The number of unbranched alkanes of at least 4 members (excludes halogenated alkanes) is 1. The van der Waals surface area contributed by atoms with Gasteiger partial charge < -0.3 is 14.8 Å². The SMILES string of the molecule is CCCCOc1ccc(C2=NC(C)(C)N=C2SCC(=O)Nc2ccc(C(=O)OCC)cc2)cc1. The lowest BCUT2D eigenvalue weighted by molar-refractivity contribution is -0.113. The monoisotopic (exact) mass is 481 g/mol. The predicted octanol–water partition coefficient (Wildman–Crippen LogP) is 5.35. The highest BCUT2D eigenvalue weighted by Gasteiger charge is 2.28. The highest BCUT2D eigenvalue weighted by atomic mass is 32.2. The fourth-order valence-corrected chi connectivity index (χ4v) is 4.14. The van der Waals surface area contributed by atoms with Crippen LogP contribution in [0.3, 0.4) is 0 Å². The Morgan fingerprint density at radius 2 is 1.71 bits per heavy atom. The Morgan fingerprint density at radius 1 is 1.00 bits per heavy atom. The fraction of sp³-hybridized carbons (Fsp3) is 0.385. The second-order valence-electron chi connectivity index (χ2n) is 8.23. The number of anilines is 1. The first-order chi connectivity index (χ1) is 16.3. The largest absolute Gasteiger partial charge is 0.494 e. The summed E-state index contributed by atoms with van der Waals surface area (Å²) in [7, 11) is 0. The minimum atomic E-state index is -0.576. The van der Waals surface area contributed by atoms with Crippen molar-refractivity contribution in [2.45, 2.75) is 46.2 Å². The molecule has 7 nitrogen and oxygen atoms in total. The summed E-state index contributed by atoms with van der Waals surface area (Å²) in [6.07, 6.45) is 2.11. The lowest BCUT2D eigenvalue weighted by Crippen LogP contribution is -2.18. The molecule has 0 saturated heterocycles. The van der Waals surface area contributed by atoms with E-state index < -0.39 is 5.66 Å². The van der Waals surface area contributed by atoms with Gasteiger partial charge in [0.25, 0.3) is 0 Å². The van der Waals surface area contributed by atoms with E-state index in [1.165, 1.54) is 11.8 Å². The van der Waals surface area contributed by atoms with E-state index in [4.69, 9.17) is 19.5 Å². The number of benzene rings is 2. The molecule has 1 amide bonds. The number of hydrogen-bond donors (Lipinski definition) is 1. The van der Waals surface area contributed by atoms with Crippen LogP contribution in [0.2, 0.25) is 0 Å². The summed E-state index contributed by atoms with van der Waals surface area (Å²) in [6, 6.07) is 14.5. The van der Waals surface area contributed by atoms with Crippen LogP contribution in [0.4, 0.5) is 5.69 Å². The van der Waals surface area contributed by atoms with Gasteiger partial charge >= 0.3 is 5.97 Å². The second-order valence-corrected chi connectivity index (χ2v) is 9.20. The molecule has 0 radical (unpaired) electrons. The molecule has 8 heteroatoms. The van der Waals surface area contributed by atoms with Gasteiger partial charge in [0.15, 0.2) is 0 Å². The molecule has 34 heavy (non-hydrogen) atoms. The summed E-state index contributed by atoms with van der Waals surface area (Å²) in [4.78, 5) is 33.7. The van der Waals surface area contributed by atoms with Crippen molar-refractivity contribution in [2.75, 3.05) is 24.3 Å². The molecule has 0 saturated carbocycles. The number of amides is 1. The number of aliphatic imine (C=N–C) groups is 2. The number of carbonyl (C=O) groups is 2.